The summed E-state index contributed by atoms with van der Waals surface area (Å²) < 4.78 is 79.7. The van der Waals surface area contributed by atoms with Crippen molar-refractivity contribution in [2.45, 2.75) is 16.7 Å². The van der Waals surface area contributed by atoms with Gasteiger partial charge < -0.3 is 16.0 Å². The summed E-state index contributed by atoms with van der Waals surface area (Å²) in [4.78, 5) is 36.9. The summed E-state index contributed by atoms with van der Waals surface area (Å²) >= 11 is 24.2. The summed E-state index contributed by atoms with van der Waals surface area (Å²) in [5, 5.41) is 4.85. The van der Waals surface area contributed by atoms with Gasteiger partial charge in [-0.1, -0.05) is 29.3 Å². The smallest absolute Gasteiger partial charge is 0.315 e. The molecule has 4 rings (SSSR count). The summed E-state index contributed by atoms with van der Waals surface area (Å²) in [6.07, 6.45) is -3.51. The number of rotatable bonds is 7. The van der Waals surface area contributed by atoms with Gasteiger partial charge >= 0.3 is 6.43 Å². The third kappa shape index (κ3) is 6.35. The first-order chi connectivity index (χ1) is 19.1. The third-order valence-electron chi connectivity index (χ3n) is 5.94. The van der Waals surface area contributed by atoms with Gasteiger partial charge in [-0.3, -0.25) is 14.4 Å². The van der Waals surface area contributed by atoms with Crippen molar-refractivity contribution in [2.75, 3.05) is 16.0 Å². The van der Waals surface area contributed by atoms with Crippen LogP contribution in [-0.2, 0) is 9.59 Å². The Morgan fingerprint density at radius 1 is 0.780 bits per heavy atom. The Kier molecular flexibility index (Phi) is 8.70. The SMILES string of the molecule is O=C(Nc1cc(NC(=O)C(F)F)c(F)cc1F)c1cc(NC(=O)[C@H]2C(c3ccc(F)c(Cl)c3)C2(Cl)Cl)cc(F)c1Cl. The molecule has 0 spiro atoms. The third-order valence-corrected chi connectivity index (χ3v) is 7.55. The van der Waals surface area contributed by atoms with Gasteiger partial charge in [0.2, 0.25) is 5.91 Å². The Bertz CT molecular complexity index is 1590. The van der Waals surface area contributed by atoms with E-state index in [9.17, 15) is 40.7 Å². The largest absolute Gasteiger partial charge is 0.326 e. The molecule has 6 nitrogen and oxygen atoms in total. The fraction of sp³-hybridized carbons (Fsp3) is 0.160. The van der Waals surface area contributed by atoms with Crippen LogP contribution in [0.5, 0.6) is 0 Å². The van der Waals surface area contributed by atoms with Crippen LogP contribution in [0.4, 0.5) is 43.4 Å². The molecule has 41 heavy (non-hydrogen) atoms. The molecule has 3 N–H and O–H groups in total. The van der Waals surface area contributed by atoms with E-state index in [-0.39, 0.29) is 16.8 Å². The van der Waals surface area contributed by atoms with Crippen LogP contribution in [0.3, 0.4) is 0 Å². The summed E-state index contributed by atoms with van der Waals surface area (Å²) in [5.74, 6) is -10.5. The predicted molar refractivity (Wildman–Crippen MR) is 141 cm³/mol. The van der Waals surface area contributed by atoms with Crippen LogP contribution in [0, 0.1) is 29.2 Å². The molecule has 3 aromatic rings. The number of anilines is 3. The summed E-state index contributed by atoms with van der Waals surface area (Å²) in [5.41, 5.74) is -2.21. The molecule has 1 aliphatic rings. The highest BCUT2D eigenvalue weighted by Crippen LogP contribution is 2.65. The minimum atomic E-state index is -3.51. The second-order valence-corrected chi connectivity index (χ2v) is 10.9. The lowest BCUT2D eigenvalue weighted by Crippen LogP contribution is -2.21. The van der Waals surface area contributed by atoms with Gasteiger partial charge in [-0.05, 0) is 35.9 Å². The van der Waals surface area contributed by atoms with Crippen molar-refractivity contribution >= 4 is 81.2 Å². The second-order valence-electron chi connectivity index (χ2n) is 8.67. The van der Waals surface area contributed by atoms with Crippen molar-refractivity contribution in [3.63, 3.8) is 0 Å². The number of benzene rings is 3. The van der Waals surface area contributed by atoms with E-state index in [0.717, 1.165) is 18.2 Å². The lowest BCUT2D eigenvalue weighted by atomic mass is 10.1. The van der Waals surface area contributed by atoms with Gasteiger partial charge in [-0.25, -0.2) is 17.6 Å². The average molecular weight is 659 g/mol. The zero-order valence-electron chi connectivity index (χ0n) is 19.8. The standard InChI is InChI=1S/C25H13Cl4F6N3O3/c26-11-3-8(1-2-12(11)30)18-19(25(18,28)29)23(40)36-9-4-10(20(27)15(33)5-9)22(39)37-16-7-17(14(32)6-13(16)31)38-24(41)21(34)35/h1-7,18-19,21H,(H,36,40)(H,37,39)(H,38,41)/t18?,19-/m1/s1. The molecule has 3 aromatic carbocycles. The van der Waals surface area contributed by atoms with Crippen LogP contribution in [0.1, 0.15) is 21.8 Å². The Balaban J connectivity index is 1.55. The fourth-order valence-corrected chi connectivity index (χ4v) is 5.15. The highest BCUT2D eigenvalue weighted by Gasteiger charge is 2.67. The van der Waals surface area contributed by atoms with Gasteiger partial charge in [0.15, 0.2) is 0 Å². The zero-order valence-corrected chi connectivity index (χ0v) is 22.8. The van der Waals surface area contributed by atoms with Gasteiger partial charge in [0.1, 0.15) is 27.6 Å². The molecule has 0 radical (unpaired) electrons. The molecule has 2 atom stereocenters. The van der Waals surface area contributed by atoms with Crippen molar-refractivity contribution in [2.24, 2.45) is 5.92 Å². The van der Waals surface area contributed by atoms with E-state index in [1.54, 1.807) is 0 Å². The van der Waals surface area contributed by atoms with E-state index in [2.05, 4.69) is 5.32 Å². The van der Waals surface area contributed by atoms with Crippen molar-refractivity contribution in [1.29, 1.82) is 0 Å². The fourth-order valence-electron chi connectivity index (χ4n) is 3.94. The van der Waals surface area contributed by atoms with Gasteiger partial charge in [-0.15, -0.1) is 23.2 Å². The minimum absolute atomic E-state index is 0.209. The molecule has 3 amide bonds. The first-order valence-electron chi connectivity index (χ1n) is 11.1. The van der Waals surface area contributed by atoms with E-state index >= 15 is 0 Å². The van der Waals surface area contributed by atoms with Crippen LogP contribution in [-0.4, -0.2) is 28.5 Å². The predicted octanol–water partition coefficient (Wildman–Crippen LogP) is 7.53. The highest BCUT2D eigenvalue weighted by molar-refractivity contribution is 6.53. The molecule has 16 heteroatoms. The number of carbonyl (C=O) groups excluding carboxylic acids is 3. The highest BCUT2D eigenvalue weighted by atomic mass is 35.5. The van der Waals surface area contributed by atoms with Crippen LogP contribution in [0.2, 0.25) is 10.0 Å². The van der Waals surface area contributed by atoms with Gasteiger partial charge in [0.25, 0.3) is 11.8 Å². The van der Waals surface area contributed by atoms with Crippen LogP contribution < -0.4 is 16.0 Å². The quantitative estimate of drug-likeness (QED) is 0.181. The number of nitrogens with one attached hydrogen (secondary N) is 3. The summed E-state index contributed by atoms with van der Waals surface area (Å²) in [6, 6.07) is 6.07. The summed E-state index contributed by atoms with van der Waals surface area (Å²) in [7, 11) is 0. The Hall–Kier alpha value is -3.19. The molecule has 1 unspecified atom stereocenters. The second kappa shape index (κ2) is 11.6. The zero-order chi connectivity index (χ0) is 30.4. The normalized spacial score (nSPS) is 17.2. The van der Waals surface area contributed by atoms with Crippen molar-refractivity contribution in [3.8, 4) is 0 Å². The van der Waals surface area contributed by atoms with Crippen LogP contribution in [0.25, 0.3) is 0 Å². The van der Waals surface area contributed by atoms with Crippen LogP contribution >= 0.6 is 46.4 Å². The van der Waals surface area contributed by atoms with Crippen molar-refractivity contribution in [1.82, 2.24) is 0 Å². The molecule has 0 aromatic heterocycles. The molecule has 0 bridgehead atoms. The Labute approximate surface area is 246 Å². The lowest BCUT2D eigenvalue weighted by molar-refractivity contribution is -0.126. The molecular formula is C25H13Cl4F6N3O3. The monoisotopic (exact) mass is 657 g/mol. The van der Waals surface area contributed by atoms with E-state index in [1.165, 1.54) is 17.4 Å². The average Bonchev–Trinajstić information content (AvgIpc) is 3.47. The minimum Gasteiger partial charge on any atom is -0.326 e. The maximum atomic E-state index is 14.6. The number of halogens is 10. The molecule has 0 heterocycles. The van der Waals surface area contributed by atoms with Gasteiger partial charge in [-0.2, -0.15) is 8.78 Å². The number of alkyl halides is 4. The van der Waals surface area contributed by atoms with E-state index in [4.69, 9.17) is 46.4 Å². The van der Waals surface area contributed by atoms with E-state index in [1.807, 2.05) is 5.32 Å². The molecule has 1 saturated carbocycles. The number of hydrogen-bond donors (Lipinski definition) is 3. The van der Waals surface area contributed by atoms with E-state index in [0.29, 0.717) is 11.6 Å². The topological polar surface area (TPSA) is 87.3 Å². The first-order valence-corrected chi connectivity index (χ1v) is 12.6. The Morgan fingerprint density at radius 3 is 2.02 bits per heavy atom. The van der Waals surface area contributed by atoms with Crippen LogP contribution in [0.15, 0.2) is 42.5 Å². The molecule has 0 aliphatic heterocycles. The lowest BCUT2D eigenvalue weighted by Gasteiger charge is -2.13. The maximum absolute atomic E-state index is 14.6. The van der Waals surface area contributed by atoms with Gasteiger partial charge in [0.05, 0.1) is 32.9 Å². The molecule has 216 valence electrons. The Morgan fingerprint density at radius 2 is 1.41 bits per heavy atom. The number of amides is 3. The number of carbonyl (C=O) groups is 3. The first kappa shape index (κ1) is 30.8. The molecule has 1 aliphatic carbocycles. The van der Waals surface area contributed by atoms with Crippen molar-refractivity contribution < 1.29 is 40.7 Å². The van der Waals surface area contributed by atoms with E-state index < -0.39 is 85.5 Å². The van der Waals surface area contributed by atoms with Gasteiger partial charge in [0, 0.05) is 17.7 Å². The summed E-state index contributed by atoms with van der Waals surface area (Å²) in [6.45, 7) is 0. The van der Waals surface area contributed by atoms with Crippen molar-refractivity contribution in [3.05, 3.63) is 86.9 Å². The maximum Gasteiger partial charge on any atom is 0.315 e. The molecule has 0 saturated heterocycles. The molecule has 1 fully saturated rings. The molecular weight excluding hydrogens is 646 g/mol. The number of hydrogen-bond acceptors (Lipinski definition) is 3.